The second kappa shape index (κ2) is 8.20. The summed E-state index contributed by atoms with van der Waals surface area (Å²) in [5.74, 6) is 0.875. The third-order valence-corrected chi connectivity index (χ3v) is 3.61. The number of hydrogen-bond donors (Lipinski definition) is 0. The molecule has 0 N–H and O–H groups in total. The van der Waals surface area contributed by atoms with Gasteiger partial charge in [0.15, 0.2) is 11.5 Å². The fraction of sp³-hybridized carbons (Fsp3) is 0.250. The van der Waals surface area contributed by atoms with Crippen molar-refractivity contribution in [2.75, 3.05) is 20.8 Å². The van der Waals surface area contributed by atoms with Gasteiger partial charge in [-0.05, 0) is 42.7 Å². The summed E-state index contributed by atoms with van der Waals surface area (Å²) in [7, 11) is 3.18. The monoisotopic (exact) mass is 326 g/mol. The molecule has 2 aromatic rings. The average Bonchev–Trinajstić information content (AvgIpc) is 2.60. The van der Waals surface area contributed by atoms with Crippen LogP contribution in [0.15, 0.2) is 48.5 Å². The van der Waals surface area contributed by atoms with Crippen LogP contribution in [-0.2, 0) is 9.53 Å². The molecule has 0 saturated heterocycles. The van der Waals surface area contributed by atoms with Crippen LogP contribution in [0.1, 0.15) is 23.6 Å². The van der Waals surface area contributed by atoms with Crippen molar-refractivity contribution in [2.24, 2.45) is 0 Å². The molecule has 0 aromatic heterocycles. The summed E-state index contributed by atoms with van der Waals surface area (Å²) < 4.78 is 15.7. The highest BCUT2D eigenvalue weighted by Crippen LogP contribution is 2.33. The largest absolute Gasteiger partial charge is 0.493 e. The van der Waals surface area contributed by atoms with E-state index in [1.165, 1.54) is 6.08 Å². The number of hydrogen-bond acceptors (Lipinski definition) is 4. The fourth-order valence-corrected chi connectivity index (χ4v) is 2.37. The lowest BCUT2D eigenvalue weighted by Crippen LogP contribution is -2.02. The molecule has 0 fully saturated rings. The SMILES string of the molecule is CCOC(=O)/C=C(\c1ccc(C)cc1)c1ccc(OC)c(OC)c1. The Morgan fingerprint density at radius 2 is 1.58 bits per heavy atom. The maximum Gasteiger partial charge on any atom is 0.331 e. The summed E-state index contributed by atoms with van der Waals surface area (Å²) in [6.07, 6.45) is 1.51. The van der Waals surface area contributed by atoms with Crippen molar-refractivity contribution in [1.82, 2.24) is 0 Å². The molecular weight excluding hydrogens is 304 g/mol. The standard InChI is InChI=1S/C20H22O4/c1-5-24-20(21)13-17(15-8-6-14(2)7-9-15)16-10-11-18(22-3)19(12-16)23-4/h6-13H,5H2,1-4H3/b17-13+. The van der Waals surface area contributed by atoms with E-state index < -0.39 is 0 Å². The molecule has 0 spiro atoms. The maximum absolute atomic E-state index is 12.0. The van der Waals surface area contributed by atoms with Crippen molar-refractivity contribution in [3.63, 3.8) is 0 Å². The van der Waals surface area contributed by atoms with Gasteiger partial charge in [-0.3, -0.25) is 0 Å². The highest BCUT2D eigenvalue weighted by atomic mass is 16.5. The molecule has 0 aliphatic heterocycles. The molecule has 2 aromatic carbocycles. The predicted octanol–water partition coefficient (Wildman–Crippen LogP) is 4.01. The van der Waals surface area contributed by atoms with Crippen LogP contribution in [0.3, 0.4) is 0 Å². The molecule has 0 heterocycles. The second-order valence-electron chi connectivity index (χ2n) is 5.25. The number of carbonyl (C=O) groups excluding carboxylic acids is 1. The molecule has 0 radical (unpaired) electrons. The van der Waals surface area contributed by atoms with Crippen LogP contribution >= 0.6 is 0 Å². The van der Waals surface area contributed by atoms with Crippen molar-refractivity contribution in [3.8, 4) is 11.5 Å². The Balaban J connectivity index is 2.53. The number of carbonyl (C=O) groups is 1. The van der Waals surface area contributed by atoms with Gasteiger partial charge in [0.1, 0.15) is 0 Å². The highest BCUT2D eigenvalue weighted by Gasteiger charge is 2.12. The Morgan fingerprint density at radius 1 is 0.958 bits per heavy atom. The average molecular weight is 326 g/mol. The number of benzene rings is 2. The van der Waals surface area contributed by atoms with E-state index in [4.69, 9.17) is 14.2 Å². The molecule has 126 valence electrons. The van der Waals surface area contributed by atoms with E-state index >= 15 is 0 Å². The predicted molar refractivity (Wildman–Crippen MR) is 94.4 cm³/mol. The van der Waals surface area contributed by atoms with Crippen molar-refractivity contribution in [2.45, 2.75) is 13.8 Å². The van der Waals surface area contributed by atoms with E-state index in [0.717, 1.165) is 22.3 Å². The smallest absolute Gasteiger partial charge is 0.331 e. The van der Waals surface area contributed by atoms with Crippen LogP contribution < -0.4 is 9.47 Å². The Morgan fingerprint density at radius 3 is 2.17 bits per heavy atom. The minimum absolute atomic E-state index is 0.336. The number of ether oxygens (including phenoxy) is 3. The number of esters is 1. The van der Waals surface area contributed by atoms with Crippen LogP contribution in [-0.4, -0.2) is 26.8 Å². The molecule has 0 atom stereocenters. The summed E-state index contributed by atoms with van der Waals surface area (Å²) in [4.78, 5) is 12.0. The van der Waals surface area contributed by atoms with E-state index in [1.54, 1.807) is 21.1 Å². The van der Waals surface area contributed by atoms with Crippen LogP contribution in [0.5, 0.6) is 11.5 Å². The molecule has 0 saturated carbocycles. The maximum atomic E-state index is 12.0. The van der Waals surface area contributed by atoms with E-state index in [2.05, 4.69) is 0 Å². The Labute approximate surface area is 142 Å². The topological polar surface area (TPSA) is 44.8 Å². The summed E-state index contributed by atoms with van der Waals surface area (Å²) in [6, 6.07) is 13.6. The molecule has 4 nitrogen and oxygen atoms in total. The number of aryl methyl sites for hydroxylation is 1. The van der Waals surface area contributed by atoms with Gasteiger partial charge < -0.3 is 14.2 Å². The van der Waals surface area contributed by atoms with E-state index in [0.29, 0.717) is 18.1 Å². The zero-order valence-corrected chi connectivity index (χ0v) is 14.5. The van der Waals surface area contributed by atoms with Gasteiger partial charge in [0.05, 0.1) is 20.8 Å². The summed E-state index contributed by atoms with van der Waals surface area (Å²) in [5, 5.41) is 0. The molecule has 0 aliphatic rings. The van der Waals surface area contributed by atoms with E-state index in [-0.39, 0.29) is 5.97 Å². The molecule has 4 heteroatoms. The first kappa shape index (κ1) is 17.6. The van der Waals surface area contributed by atoms with Gasteiger partial charge in [0, 0.05) is 6.08 Å². The molecule has 24 heavy (non-hydrogen) atoms. The first-order valence-corrected chi connectivity index (χ1v) is 7.77. The van der Waals surface area contributed by atoms with Gasteiger partial charge in [0.25, 0.3) is 0 Å². The Kier molecular flexibility index (Phi) is 6.01. The summed E-state index contributed by atoms with van der Waals surface area (Å²) in [5.41, 5.74) is 3.71. The van der Waals surface area contributed by atoms with Crippen LogP contribution in [0.2, 0.25) is 0 Å². The van der Waals surface area contributed by atoms with Crippen LogP contribution in [0.4, 0.5) is 0 Å². The number of rotatable bonds is 6. The Hall–Kier alpha value is -2.75. The zero-order chi connectivity index (χ0) is 17.5. The zero-order valence-electron chi connectivity index (χ0n) is 14.5. The normalized spacial score (nSPS) is 11.1. The highest BCUT2D eigenvalue weighted by molar-refractivity contribution is 5.96. The quantitative estimate of drug-likeness (QED) is 0.594. The lowest BCUT2D eigenvalue weighted by Gasteiger charge is -2.13. The van der Waals surface area contributed by atoms with Gasteiger partial charge in [-0.1, -0.05) is 35.9 Å². The van der Waals surface area contributed by atoms with E-state index in [9.17, 15) is 4.79 Å². The van der Waals surface area contributed by atoms with Gasteiger partial charge in [-0.2, -0.15) is 0 Å². The molecule has 2 rings (SSSR count). The summed E-state index contributed by atoms with van der Waals surface area (Å²) in [6.45, 7) is 4.14. The van der Waals surface area contributed by atoms with Crippen molar-refractivity contribution >= 4 is 11.5 Å². The fourth-order valence-electron chi connectivity index (χ4n) is 2.37. The van der Waals surface area contributed by atoms with E-state index in [1.807, 2.05) is 49.4 Å². The van der Waals surface area contributed by atoms with Gasteiger partial charge in [0.2, 0.25) is 0 Å². The molecule has 0 unspecified atom stereocenters. The lowest BCUT2D eigenvalue weighted by atomic mass is 9.96. The van der Waals surface area contributed by atoms with Crippen LogP contribution in [0.25, 0.3) is 5.57 Å². The first-order chi connectivity index (χ1) is 11.6. The van der Waals surface area contributed by atoms with Crippen molar-refractivity contribution in [1.29, 1.82) is 0 Å². The van der Waals surface area contributed by atoms with Gasteiger partial charge in [-0.25, -0.2) is 4.79 Å². The second-order valence-corrected chi connectivity index (χ2v) is 5.25. The molecule has 0 bridgehead atoms. The van der Waals surface area contributed by atoms with Crippen LogP contribution in [0, 0.1) is 6.92 Å². The minimum atomic E-state index is -0.372. The Bertz CT molecular complexity index is 730. The third kappa shape index (κ3) is 4.16. The molecule has 0 amide bonds. The third-order valence-electron chi connectivity index (χ3n) is 3.61. The lowest BCUT2D eigenvalue weighted by molar-refractivity contribution is -0.137. The molecule has 0 aliphatic carbocycles. The van der Waals surface area contributed by atoms with Gasteiger partial charge >= 0.3 is 5.97 Å². The molecular formula is C20H22O4. The number of methoxy groups -OCH3 is 2. The van der Waals surface area contributed by atoms with Crippen molar-refractivity contribution in [3.05, 3.63) is 65.2 Å². The first-order valence-electron chi connectivity index (χ1n) is 7.77. The minimum Gasteiger partial charge on any atom is -0.493 e. The van der Waals surface area contributed by atoms with Crippen molar-refractivity contribution < 1.29 is 19.0 Å². The van der Waals surface area contributed by atoms with Gasteiger partial charge in [-0.15, -0.1) is 0 Å². The summed E-state index contributed by atoms with van der Waals surface area (Å²) >= 11 is 0.